The van der Waals surface area contributed by atoms with E-state index in [9.17, 15) is 0 Å². The monoisotopic (exact) mass is 242 g/mol. The van der Waals surface area contributed by atoms with Gasteiger partial charge in [-0.15, -0.1) is 0 Å². The van der Waals surface area contributed by atoms with Gasteiger partial charge in [-0.1, -0.05) is 39.0 Å². The fraction of sp³-hybridized carbons (Fsp3) is 0.375. The van der Waals surface area contributed by atoms with Crippen molar-refractivity contribution in [2.24, 2.45) is 11.5 Å². The minimum Gasteiger partial charge on any atom is -0.326 e. The molecule has 2 aromatic carbocycles. The van der Waals surface area contributed by atoms with Crippen LogP contribution in [0, 0.1) is 0 Å². The molecule has 0 aliphatic heterocycles. The molecule has 2 nitrogen and oxygen atoms in total. The molecule has 0 spiro atoms. The average Bonchev–Trinajstić information content (AvgIpc) is 2.35. The van der Waals surface area contributed by atoms with Gasteiger partial charge in [-0.3, -0.25) is 0 Å². The largest absolute Gasteiger partial charge is 0.326 e. The Kier molecular flexibility index (Phi) is 3.42. The van der Waals surface area contributed by atoms with Crippen molar-refractivity contribution in [3.05, 3.63) is 47.0 Å². The Bertz CT molecular complexity index is 565. The molecule has 0 saturated heterocycles. The van der Waals surface area contributed by atoms with Gasteiger partial charge in [0, 0.05) is 13.1 Å². The van der Waals surface area contributed by atoms with Gasteiger partial charge in [0.15, 0.2) is 0 Å². The molecular weight excluding hydrogens is 220 g/mol. The molecule has 0 aliphatic rings. The molecule has 0 fully saturated rings. The highest BCUT2D eigenvalue weighted by atomic mass is 14.6. The van der Waals surface area contributed by atoms with Crippen LogP contribution in [0.15, 0.2) is 30.3 Å². The molecule has 0 atom stereocenters. The second-order valence-corrected chi connectivity index (χ2v) is 5.84. The van der Waals surface area contributed by atoms with Crippen LogP contribution in [0.5, 0.6) is 0 Å². The molecule has 0 unspecified atom stereocenters. The van der Waals surface area contributed by atoms with Crippen molar-refractivity contribution in [2.45, 2.75) is 39.3 Å². The van der Waals surface area contributed by atoms with E-state index < -0.39 is 0 Å². The molecule has 18 heavy (non-hydrogen) atoms. The Hall–Kier alpha value is -1.38. The van der Waals surface area contributed by atoms with E-state index in [1.807, 2.05) is 0 Å². The van der Waals surface area contributed by atoms with Gasteiger partial charge in [0.1, 0.15) is 0 Å². The summed E-state index contributed by atoms with van der Waals surface area (Å²) in [7, 11) is 0. The van der Waals surface area contributed by atoms with Crippen molar-refractivity contribution in [3.63, 3.8) is 0 Å². The third-order valence-corrected chi connectivity index (χ3v) is 3.46. The molecule has 0 radical (unpaired) electrons. The van der Waals surface area contributed by atoms with E-state index in [2.05, 4.69) is 51.1 Å². The van der Waals surface area contributed by atoms with Crippen LogP contribution in [-0.4, -0.2) is 0 Å². The van der Waals surface area contributed by atoms with Crippen LogP contribution in [-0.2, 0) is 18.5 Å². The summed E-state index contributed by atoms with van der Waals surface area (Å²) in [4.78, 5) is 0. The highest BCUT2D eigenvalue weighted by Crippen LogP contribution is 2.27. The van der Waals surface area contributed by atoms with Gasteiger partial charge in [0.05, 0.1) is 0 Å². The summed E-state index contributed by atoms with van der Waals surface area (Å²) in [6.07, 6.45) is 0. The maximum atomic E-state index is 5.79. The van der Waals surface area contributed by atoms with Crippen molar-refractivity contribution in [1.82, 2.24) is 0 Å². The predicted octanol–water partition coefficient (Wildman–Crippen LogP) is 3.05. The van der Waals surface area contributed by atoms with Crippen molar-refractivity contribution in [1.29, 1.82) is 0 Å². The lowest BCUT2D eigenvalue weighted by atomic mass is 9.85. The molecule has 0 heterocycles. The van der Waals surface area contributed by atoms with Crippen molar-refractivity contribution in [3.8, 4) is 0 Å². The maximum absolute atomic E-state index is 5.79. The quantitative estimate of drug-likeness (QED) is 0.850. The smallest absolute Gasteiger partial charge is 0.0181 e. The predicted molar refractivity (Wildman–Crippen MR) is 78.4 cm³/mol. The summed E-state index contributed by atoms with van der Waals surface area (Å²) in [5.74, 6) is 0. The van der Waals surface area contributed by atoms with Crippen LogP contribution >= 0.6 is 0 Å². The number of hydrogen-bond donors (Lipinski definition) is 2. The number of benzene rings is 2. The summed E-state index contributed by atoms with van der Waals surface area (Å²) in [6, 6.07) is 11.0. The number of hydrogen-bond acceptors (Lipinski definition) is 2. The zero-order valence-electron chi connectivity index (χ0n) is 11.5. The number of rotatable bonds is 2. The van der Waals surface area contributed by atoms with Gasteiger partial charge in [0.25, 0.3) is 0 Å². The second-order valence-electron chi connectivity index (χ2n) is 5.84. The summed E-state index contributed by atoms with van der Waals surface area (Å²) < 4.78 is 0. The first-order chi connectivity index (χ1) is 8.45. The van der Waals surface area contributed by atoms with Crippen molar-refractivity contribution >= 4 is 10.8 Å². The lowest BCUT2D eigenvalue weighted by molar-refractivity contribution is 0.591. The van der Waals surface area contributed by atoms with Gasteiger partial charge in [-0.2, -0.15) is 0 Å². The molecule has 2 heteroatoms. The van der Waals surface area contributed by atoms with Crippen LogP contribution < -0.4 is 11.5 Å². The lowest BCUT2D eigenvalue weighted by Gasteiger charge is -2.20. The third-order valence-electron chi connectivity index (χ3n) is 3.46. The van der Waals surface area contributed by atoms with Crippen LogP contribution in [0.3, 0.4) is 0 Å². The molecule has 2 aromatic rings. The molecule has 0 saturated carbocycles. The summed E-state index contributed by atoms with van der Waals surface area (Å²) in [6.45, 7) is 7.77. The van der Waals surface area contributed by atoms with E-state index in [-0.39, 0.29) is 5.41 Å². The maximum Gasteiger partial charge on any atom is 0.0181 e. The highest BCUT2D eigenvalue weighted by Gasteiger charge is 2.14. The van der Waals surface area contributed by atoms with Crippen LogP contribution in [0.4, 0.5) is 0 Å². The van der Waals surface area contributed by atoms with E-state index in [0.29, 0.717) is 13.1 Å². The molecule has 2 rings (SSSR count). The first kappa shape index (κ1) is 13.1. The molecule has 0 amide bonds. The Morgan fingerprint density at radius 1 is 0.833 bits per heavy atom. The van der Waals surface area contributed by atoms with E-state index in [0.717, 1.165) is 11.1 Å². The third kappa shape index (κ3) is 2.40. The van der Waals surface area contributed by atoms with Crippen molar-refractivity contribution in [2.75, 3.05) is 0 Å². The van der Waals surface area contributed by atoms with E-state index >= 15 is 0 Å². The average molecular weight is 242 g/mol. The molecule has 0 aliphatic carbocycles. The minimum absolute atomic E-state index is 0.170. The molecule has 96 valence electrons. The van der Waals surface area contributed by atoms with Gasteiger partial charge >= 0.3 is 0 Å². The van der Waals surface area contributed by atoms with E-state index in [1.165, 1.54) is 16.3 Å². The summed E-state index contributed by atoms with van der Waals surface area (Å²) in [5, 5.41) is 2.49. The number of nitrogens with two attached hydrogens (primary N) is 2. The highest BCUT2D eigenvalue weighted by molar-refractivity contribution is 5.85. The Balaban J connectivity index is 2.63. The normalized spacial score (nSPS) is 12.1. The van der Waals surface area contributed by atoms with Crippen LogP contribution in [0.25, 0.3) is 10.8 Å². The minimum atomic E-state index is 0.170. The van der Waals surface area contributed by atoms with Gasteiger partial charge in [-0.25, -0.2) is 0 Å². The topological polar surface area (TPSA) is 52.0 Å². The zero-order chi connectivity index (χ0) is 13.3. The lowest BCUT2D eigenvalue weighted by Crippen LogP contribution is -2.11. The SMILES string of the molecule is CC(C)(C)c1ccc2cc(CN)c(CN)cc2c1. The standard InChI is InChI=1S/C16H22N2/c1-16(2,3)15-5-4-11-6-13(9-17)14(10-18)7-12(11)8-15/h4-8H,9-10,17-18H2,1-3H3. The Morgan fingerprint density at radius 3 is 1.89 bits per heavy atom. The van der Waals surface area contributed by atoms with Crippen LogP contribution in [0.1, 0.15) is 37.5 Å². The molecule has 0 bridgehead atoms. The fourth-order valence-electron chi connectivity index (χ4n) is 2.24. The van der Waals surface area contributed by atoms with E-state index in [4.69, 9.17) is 11.5 Å². The Morgan fingerprint density at radius 2 is 1.39 bits per heavy atom. The number of fused-ring (bicyclic) bond motifs is 1. The van der Waals surface area contributed by atoms with Gasteiger partial charge < -0.3 is 11.5 Å². The second kappa shape index (κ2) is 4.71. The molecule has 4 N–H and O–H groups in total. The summed E-state index contributed by atoms with van der Waals surface area (Å²) >= 11 is 0. The molecular formula is C16H22N2. The Labute approximate surface area is 109 Å². The van der Waals surface area contributed by atoms with Crippen molar-refractivity contribution < 1.29 is 0 Å². The zero-order valence-corrected chi connectivity index (χ0v) is 11.5. The van der Waals surface area contributed by atoms with Gasteiger partial charge in [0.2, 0.25) is 0 Å². The first-order valence-corrected chi connectivity index (χ1v) is 6.42. The first-order valence-electron chi connectivity index (χ1n) is 6.42. The van der Waals surface area contributed by atoms with Crippen LogP contribution in [0.2, 0.25) is 0 Å². The van der Waals surface area contributed by atoms with Gasteiger partial charge in [-0.05, 0) is 45.0 Å². The van der Waals surface area contributed by atoms with E-state index in [1.54, 1.807) is 0 Å². The fourth-order valence-corrected chi connectivity index (χ4v) is 2.24. The molecule has 0 aromatic heterocycles. The summed E-state index contributed by atoms with van der Waals surface area (Å²) in [5.41, 5.74) is 15.4.